The van der Waals surface area contributed by atoms with Crippen LogP contribution in [0.5, 0.6) is 0 Å². The second-order valence-corrected chi connectivity index (χ2v) is 5.94. The van der Waals surface area contributed by atoms with Gasteiger partial charge in [0.05, 0.1) is 4.99 Å². The fraction of sp³-hybridized carbons (Fsp3) is 0.846. The van der Waals surface area contributed by atoms with Crippen molar-refractivity contribution in [3.8, 4) is 0 Å². The largest absolute Gasteiger partial charge is 0.393 e. The lowest BCUT2D eigenvalue weighted by Crippen LogP contribution is -2.50. The minimum atomic E-state index is 0.0721. The second kappa shape index (κ2) is 6.36. The van der Waals surface area contributed by atoms with Crippen LogP contribution in [0.4, 0.5) is 4.79 Å². The quantitative estimate of drug-likeness (QED) is 0.754. The van der Waals surface area contributed by atoms with E-state index in [9.17, 15) is 4.79 Å². The number of thiocarbonyl (C=S) groups is 1. The standard InChI is InChI=1S/C13H23N3OS/c14-12(18)10-5-4-8-16(9-10)13(17)15-11-6-2-1-3-7-11/h10-11H,1-9H2,(H2,14,18)(H,15,17). The first-order chi connectivity index (χ1) is 8.66. The third kappa shape index (κ3) is 3.57. The molecule has 1 atom stereocenters. The molecular formula is C13H23N3OS. The van der Waals surface area contributed by atoms with E-state index in [-0.39, 0.29) is 11.9 Å². The lowest BCUT2D eigenvalue weighted by atomic mass is 9.95. The molecule has 18 heavy (non-hydrogen) atoms. The first kappa shape index (κ1) is 13.6. The molecule has 1 aliphatic heterocycles. The first-order valence-corrected chi connectivity index (χ1v) is 7.42. The van der Waals surface area contributed by atoms with E-state index in [1.807, 2.05) is 4.90 Å². The average molecular weight is 269 g/mol. The highest BCUT2D eigenvalue weighted by Crippen LogP contribution is 2.20. The van der Waals surface area contributed by atoms with Crippen molar-refractivity contribution >= 4 is 23.2 Å². The molecule has 0 bridgehead atoms. The normalized spacial score (nSPS) is 25.8. The van der Waals surface area contributed by atoms with Crippen LogP contribution in [0, 0.1) is 5.92 Å². The van der Waals surface area contributed by atoms with Gasteiger partial charge in [0.15, 0.2) is 0 Å². The minimum Gasteiger partial charge on any atom is -0.393 e. The Morgan fingerprint density at radius 3 is 2.56 bits per heavy atom. The van der Waals surface area contributed by atoms with Crippen molar-refractivity contribution in [2.75, 3.05) is 13.1 Å². The van der Waals surface area contributed by atoms with E-state index in [1.165, 1.54) is 19.3 Å². The predicted molar refractivity (Wildman–Crippen MR) is 76.5 cm³/mol. The SMILES string of the molecule is NC(=S)C1CCCN(C(=O)NC2CCCCC2)C1. The Balaban J connectivity index is 1.82. The van der Waals surface area contributed by atoms with Crippen molar-refractivity contribution in [1.82, 2.24) is 10.2 Å². The van der Waals surface area contributed by atoms with Crippen LogP contribution in [-0.2, 0) is 0 Å². The van der Waals surface area contributed by atoms with E-state index in [0.717, 1.165) is 32.2 Å². The number of urea groups is 1. The number of piperidine rings is 1. The van der Waals surface area contributed by atoms with Crippen molar-refractivity contribution in [1.29, 1.82) is 0 Å². The number of hydrogen-bond donors (Lipinski definition) is 2. The van der Waals surface area contributed by atoms with Gasteiger partial charge in [-0.2, -0.15) is 0 Å². The van der Waals surface area contributed by atoms with Gasteiger partial charge in [-0.05, 0) is 25.7 Å². The molecule has 0 aromatic carbocycles. The Morgan fingerprint density at radius 2 is 1.89 bits per heavy atom. The molecule has 0 spiro atoms. The van der Waals surface area contributed by atoms with E-state index >= 15 is 0 Å². The lowest BCUT2D eigenvalue weighted by Gasteiger charge is -2.34. The predicted octanol–water partition coefficient (Wildman–Crippen LogP) is 2.03. The maximum absolute atomic E-state index is 12.2. The van der Waals surface area contributed by atoms with Crippen molar-refractivity contribution in [3.63, 3.8) is 0 Å². The Morgan fingerprint density at radius 1 is 1.17 bits per heavy atom. The number of carbonyl (C=O) groups excluding carboxylic acids is 1. The minimum absolute atomic E-state index is 0.0721. The lowest BCUT2D eigenvalue weighted by molar-refractivity contribution is 0.171. The van der Waals surface area contributed by atoms with Gasteiger partial charge in [0, 0.05) is 25.0 Å². The molecule has 0 aromatic rings. The van der Waals surface area contributed by atoms with Gasteiger partial charge in [-0.1, -0.05) is 31.5 Å². The molecule has 1 heterocycles. The van der Waals surface area contributed by atoms with Gasteiger partial charge in [-0.15, -0.1) is 0 Å². The third-order valence-corrected chi connectivity index (χ3v) is 4.38. The van der Waals surface area contributed by atoms with E-state index in [1.54, 1.807) is 0 Å². The van der Waals surface area contributed by atoms with Gasteiger partial charge < -0.3 is 16.0 Å². The molecule has 2 aliphatic rings. The summed E-state index contributed by atoms with van der Waals surface area (Å²) in [5.74, 6) is 0.200. The number of nitrogens with zero attached hydrogens (tertiary/aromatic N) is 1. The van der Waals surface area contributed by atoms with Crippen LogP contribution in [0.1, 0.15) is 44.9 Å². The van der Waals surface area contributed by atoms with Crippen LogP contribution >= 0.6 is 12.2 Å². The molecule has 3 N–H and O–H groups in total. The van der Waals surface area contributed by atoms with Crippen molar-refractivity contribution in [3.05, 3.63) is 0 Å². The summed E-state index contributed by atoms with van der Waals surface area (Å²) in [6.45, 7) is 1.52. The van der Waals surface area contributed by atoms with Crippen molar-refractivity contribution in [2.45, 2.75) is 51.0 Å². The zero-order valence-corrected chi connectivity index (χ0v) is 11.7. The van der Waals surface area contributed by atoms with Crippen LogP contribution in [0.3, 0.4) is 0 Å². The van der Waals surface area contributed by atoms with Gasteiger partial charge in [0.25, 0.3) is 0 Å². The highest BCUT2D eigenvalue weighted by atomic mass is 32.1. The van der Waals surface area contributed by atoms with E-state index in [0.29, 0.717) is 17.6 Å². The number of nitrogens with one attached hydrogen (secondary N) is 1. The number of likely N-dealkylation sites (tertiary alicyclic amines) is 1. The summed E-state index contributed by atoms with van der Waals surface area (Å²) < 4.78 is 0. The fourth-order valence-corrected chi connectivity index (χ4v) is 3.10. The third-order valence-electron chi connectivity index (χ3n) is 4.04. The Hall–Kier alpha value is -0.840. The molecule has 0 aromatic heterocycles. The number of carbonyl (C=O) groups is 1. The maximum Gasteiger partial charge on any atom is 0.317 e. The first-order valence-electron chi connectivity index (χ1n) is 7.01. The molecule has 2 amide bonds. The maximum atomic E-state index is 12.2. The summed E-state index contributed by atoms with van der Waals surface area (Å²) >= 11 is 5.04. The molecule has 5 heteroatoms. The summed E-state index contributed by atoms with van der Waals surface area (Å²) in [5.41, 5.74) is 5.69. The highest BCUT2D eigenvalue weighted by molar-refractivity contribution is 7.80. The Labute approximate surface area is 114 Å². The van der Waals surface area contributed by atoms with Crippen molar-refractivity contribution in [2.24, 2.45) is 11.7 Å². The van der Waals surface area contributed by atoms with Crippen LogP contribution in [0.15, 0.2) is 0 Å². The summed E-state index contributed by atoms with van der Waals surface area (Å²) in [5, 5.41) is 3.15. The zero-order chi connectivity index (χ0) is 13.0. The van der Waals surface area contributed by atoms with Crippen LogP contribution in [-0.4, -0.2) is 35.1 Å². The molecule has 1 saturated heterocycles. The second-order valence-electron chi connectivity index (χ2n) is 5.47. The molecule has 4 nitrogen and oxygen atoms in total. The van der Waals surface area contributed by atoms with E-state index in [2.05, 4.69) is 5.32 Å². The van der Waals surface area contributed by atoms with Gasteiger partial charge in [-0.3, -0.25) is 0 Å². The molecule has 1 aliphatic carbocycles. The zero-order valence-electron chi connectivity index (χ0n) is 10.9. The molecule has 0 radical (unpaired) electrons. The molecule has 1 saturated carbocycles. The molecule has 1 unspecified atom stereocenters. The van der Waals surface area contributed by atoms with E-state index < -0.39 is 0 Å². The molecule has 102 valence electrons. The molecular weight excluding hydrogens is 246 g/mol. The van der Waals surface area contributed by atoms with Crippen LogP contribution in [0.25, 0.3) is 0 Å². The average Bonchev–Trinajstić information content (AvgIpc) is 2.40. The number of amides is 2. The highest BCUT2D eigenvalue weighted by Gasteiger charge is 2.26. The smallest absolute Gasteiger partial charge is 0.317 e. The Kier molecular flexibility index (Phi) is 4.80. The summed E-state index contributed by atoms with van der Waals surface area (Å²) in [4.78, 5) is 14.6. The summed E-state index contributed by atoms with van der Waals surface area (Å²) in [6, 6.07) is 0.444. The fourth-order valence-electron chi connectivity index (χ4n) is 2.91. The molecule has 2 fully saturated rings. The van der Waals surface area contributed by atoms with Crippen molar-refractivity contribution < 1.29 is 4.79 Å². The number of rotatable bonds is 2. The van der Waals surface area contributed by atoms with E-state index in [4.69, 9.17) is 18.0 Å². The Bertz CT molecular complexity index is 315. The van der Waals surface area contributed by atoms with Gasteiger partial charge in [0.1, 0.15) is 0 Å². The summed E-state index contributed by atoms with van der Waals surface area (Å²) in [6.07, 6.45) is 8.04. The van der Waals surface area contributed by atoms with Crippen LogP contribution in [0.2, 0.25) is 0 Å². The van der Waals surface area contributed by atoms with Gasteiger partial charge in [0.2, 0.25) is 0 Å². The van der Waals surface area contributed by atoms with Crippen LogP contribution < -0.4 is 11.1 Å². The summed E-state index contributed by atoms with van der Waals surface area (Å²) in [7, 11) is 0. The monoisotopic (exact) mass is 269 g/mol. The molecule has 2 rings (SSSR count). The van der Waals surface area contributed by atoms with Gasteiger partial charge in [-0.25, -0.2) is 4.79 Å². The number of hydrogen-bond acceptors (Lipinski definition) is 2. The topological polar surface area (TPSA) is 58.4 Å². The van der Waals surface area contributed by atoms with Gasteiger partial charge >= 0.3 is 6.03 Å². The number of nitrogens with two attached hydrogens (primary N) is 1.